The minimum absolute atomic E-state index is 0.00691. The minimum Gasteiger partial charge on any atom is -0.539 e. The third-order valence-corrected chi connectivity index (χ3v) is 6.23. The number of benzene rings is 1. The molecule has 0 spiro atoms. The molecule has 2 aliphatic heterocycles. The van der Waals surface area contributed by atoms with Gasteiger partial charge in [-0.2, -0.15) is 0 Å². The lowest BCUT2D eigenvalue weighted by molar-refractivity contribution is -0.751. The second-order valence-corrected chi connectivity index (χ2v) is 8.28. The van der Waals surface area contributed by atoms with Gasteiger partial charge in [0.15, 0.2) is 0 Å². The summed E-state index contributed by atoms with van der Waals surface area (Å²) < 4.78 is 5.74. The number of likely N-dealkylation sites (tertiary alicyclic amines) is 2. The van der Waals surface area contributed by atoms with E-state index in [1.165, 1.54) is 22.9 Å². The summed E-state index contributed by atoms with van der Waals surface area (Å²) in [6, 6.07) is 8.10. The summed E-state index contributed by atoms with van der Waals surface area (Å²) in [7, 11) is 0. The molecule has 2 saturated heterocycles. The van der Waals surface area contributed by atoms with Crippen molar-refractivity contribution in [1.29, 1.82) is 0 Å². The van der Waals surface area contributed by atoms with Crippen molar-refractivity contribution in [2.75, 3.05) is 26.2 Å². The first kappa shape index (κ1) is 19.2. The van der Waals surface area contributed by atoms with E-state index in [1.807, 2.05) is 17.0 Å². The van der Waals surface area contributed by atoms with E-state index >= 15 is 0 Å². The lowest BCUT2D eigenvalue weighted by Crippen LogP contribution is -2.48. The zero-order chi connectivity index (χ0) is 19.5. The summed E-state index contributed by atoms with van der Waals surface area (Å²) in [5.41, 5.74) is 1.30. The molecule has 0 bridgehead atoms. The zero-order valence-corrected chi connectivity index (χ0v) is 16.6. The monoisotopic (exact) mass is 404 g/mol. The van der Waals surface area contributed by atoms with Crippen LogP contribution in [0.1, 0.15) is 24.8 Å². The molecule has 1 atom stereocenters. The van der Waals surface area contributed by atoms with Crippen LogP contribution >= 0.6 is 11.6 Å². The summed E-state index contributed by atoms with van der Waals surface area (Å²) in [5.74, 6) is 0.841. The molecule has 7 nitrogen and oxygen atoms in total. The van der Waals surface area contributed by atoms with Gasteiger partial charge in [-0.05, 0) is 55.3 Å². The Hall–Kier alpha value is -2.12. The lowest BCUT2D eigenvalue weighted by atomic mass is 9.84. The van der Waals surface area contributed by atoms with Crippen LogP contribution in [0.4, 0.5) is 0 Å². The molecular formula is C20H25ClN4O3. The number of hydrogen-bond donors (Lipinski definition) is 0. The molecule has 0 saturated carbocycles. The van der Waals surface area contributed by atoms with Crippen LogP contribution in [0.25, 0.3) is 0 Å². The Morgan fingerprint density at radius 2 is 1.89 bits per heavy atom. The molecule has 8 heteroatoms. The van der Waals surface area contributed by atoms with E-state index in [0.717, 1.165) is 50.6 Å². The van der Waals surface area contributed by atoms with Crippen LogP contribution in [-0.2, 0) is 17.9 Å². The van der Waals surface area contributed by atoms with Gasteiger partial charge >= 0.3 is 0 Å². The van der Waals surface area contributed by atoms with Crippen molar-refractivity contribution in [2.24, 2.45) is 11.8 Å². The van der Waals surface area contributed by atoms with Crippen LogP contribution in [0.3, 0.4) is 0 Å². The Morgan fingerprint density at radius 3 is 2.57 bits per heavy atom. The fraction of sp³-hybridized carbons (Fsp3) is 0.550. The maximum atomic E-state index is 12.4. The van der Waals surface area contributed by atoms with Gasteiger partial charge in [0.1, 0.15) is 5.95 Å². The minimum atomic E-state index is -0.532. The number of piperidine rings is 1. The highest BCUT2D eigenvalue weighted by atomic mass is 35.5. The van der Waals surface area contributed by atoms with E-state index in [0.29, 0.717) is 11.8 Å². The SMILES string of the molecule is O=C(C[n+]1cc([O-])on1)N1CCC(C2CCN(Cc3ccc(Cl)cc3)C2)CC1. The van der Waals surface area contributed by atoms with Crippen LogP contribution in [0, 0.1) is 11.8 Å². The van der Waals surface area contributed by atoms with E-state index in [4.69, 9.17) is 11.6 Å². The molecule has 1 amide bonds. The van der Waals surface area contributed by atoms with E-state index < -0.39 is 5.95 Å². The molecule has 2 fully saturated rings. The quantitative estimate of drug-likeness (QED) is 0.705. The first-order valence-corrected chi connectivity index (χ1v) is 10.2. The van der Waals surface area contributed by atoms with Crippen molar-refractivity contribution in [2.45, 2.75) is 32.4 Å². The Labute approximate surface area is 169 Å². The largest absolute Gasteiger partial charge is 0.539 e. The fourth-order valence-electron chi connectivity index (χ4n) is 4.43. The molecule has 2 aliphatic rings. The highest BCUT2D eigenvalue weighted by molar-refractivity contribution is 6.30. The van der Waals surface area contributed by atoms with Crippen LogP contribution in [0.15, 0.2) is 35.0 Å². The zero-order valence-electron chi connectivity index (χ0n) is 15.8. The molecular weight excluding hydrogens is 380 g/mol. The highest BCUT2D eigenvalue weighted by Crippen LogP contribution is 2.32. The van der Waals surface area contributed by atoms with Gasteiger partial charge in [-0.15, -0.1) is 0 Å². The highest BCUT2D eigenvalue weighted by Gasteiger charge is 2.33. The van der Waals surface area contributed by atoms with Crippen molar-refractivity contribution in [3.8, 4) is 5.95 Å². The average Bonchev–Trinajstić information content (AvgIpc) is 3.33. The van der Waals surface area contributed by atoms with Crippen LogP contribution in [0.2, 0.25) is 5.02 Å². The van der Waals surface area contributed by atoms with Gasteiger partial charge in [-0.25, -0.2) is 0 Å². The summed E-state index contributed by atoms with van der Waals surface area (Å²) in [6.45, 7) is 4.85. The van der Waals surface area contributed by atoms with Gasteiger partial charge in [0.05, 0.1) is 5.27 Å². The Balaban J connectivity index is 1.23. The Kier molecular flexibility index (Phi) is 5.82. The van der Waals surface area contributed by atoms with Gasteiger partial charge in [0, 0.05) is 31.2 Å². The predicted octanol–water partition coefficient (Wildman–Crippen LogP) is 1.45. The average molecular weight is 405 g/mol. The Bertz CT molecular complexity index is 802. The van der Waals surface area contributed by atoms with E-state index in [2.05, 4.69) is 26.8 Å². The fourth-order valence-corrected chi connectivity index (χ4v) is 4.56. The topological polar surface area (TPSA) is 76.5 Å². The van der Waals surface area contributed by atoms with E-state index in [1.54, 1.807) is 0 Å². The molecule has 150 valence electrons. The van der Waals surface area contributed by atoms with Gasteiger partial charge < -0.3 is 14.5 Å². The van der Waals surface area contributed by atoms with Gasteiger partial charge in [-0.3, -0.25) is 9.69 Å². The number of carbonyl (C=O) groups is 1. The number of carbonyl (C=O) groups excluding carboxylic acids is 1. The van der Waals surface area contributed by atoms with Crippen molar-refractivity contribution in [1.82, 2.24) is 15.1 Å². The van der Waals surface area contributed by atoms with E-state index in [9.17, 15) is 9.90 Å². The number of halogens is 1. The first-order valence-electron chi connectivity index (χ1n) is 9.85. The molecule has 0 aliphatic carbocycles. The molecule has 28 heavy (non-hydrogen) atoms. The molecule has 0 N–H and O–H groups in total. The van der Waals surface area contributed by atoms with Crippen LogP contribution in [0.5, 0.6) is 5.95 Å². The predicted molar refractivity (Wildman–Crippen MR) is 100 cm³/mol. The van der Waals surface area contributed by atoms with Gasteiger partial charge in [0.2, 0.25) is 6.20 Å². The van der Waals surface area contributed by atoms with Crippen LogP contribution < -0.4 is 9.79 Å². The van der Waals surface area contributed by atoms with Crippen molar-refractivity contribution >= 4 is 17.5 Å². The third-order valence-electron chi connectivity index (χ3n) is 5.97. The van der Waals surface area contributed by atoms with E-state index in [-0.39, 0.29) is 12.5 Å². The maximum Gasteiger partial charge on any atom is 0.291 e. The van der Waals surface area contributed by atoms with Gasteiger partial charge in [0.25, 0.3) is 12.5 Å². The van der Waals surface area contributed by atoms with Crippen molar-refractivity contribution in [3.63, 3.8) is 0 Å². The second kappa shape index (κ2) is 8.49. The number of rotatable bonds is 5. The molecule has 3 heterocycles. The maximum absolute atomic E-state index is 12.4. The normalized spacial score (nSPS) is 21.3. The number of aromatic nitrogens is 2. The standard InChI is InChI=1S/C20H25ClN4O3/c21-18-3-1-15(2-4-18)11-23-8-5-17(12-23)16-6-9-24(10-7-16)19(26)13-25-14-20(27)28-22-25/h1-4,14,16-17H,5-13H2. The summed E-state index contributed by atoms with van der Waals surface area (Å²) >= 11 is 5.97. The lowest BCUT2D eigenvalue weighted by Gasteiger charge is -2.34. The first-order chi connectivity index (χ1) is 13.6. The molecule has 4 rings (SSSR count). The Morgan fingerprint density at radius 1 is 1.18 bits per heavy atom. The smallest absolute Gasteiger partial charge is 0.291 e. The second-order valence-electron chi connectivity index (χ2n) is 7.85. The van der Waals surface area contributed by atoms with Crippen molar-refractivity contribution < 1.29 is 19.1 Å². The van der Waals surface area contributed by atoms with Gasteiger partial charge in [-0.1, -0.05) is 28.4 Å². The summed E-state index contributed by atoms with van der Waals surface area (Å²) in [5, 5.41) is 15.3. The number of amides is 1. The number of nitrogens with zero attached hydrogens (tertiary/aromatic N) is 4. The molecule has 1 unspecified atom stereocenters. The molecule has 2 aromatic rings. The molecule has 0 radical (unpaired) electrons. The molecule has 1 aromatic carbocycles. The van der Waals surface area contributed by atoms with Crippen molar-refractivity contribution in [3.05, 3.63) is 41.0 Å². The third kappa shape index (κ3) is 4.64. The summed E-state index contributed by atoms with van der Waals surface area (Å²) in [4.78, 5) is 16.8. The summed E-state index contributed by atoms with van der Waals surface area (Å²) in [6.07, 6.45) is 4.52. The molecule has 1 aromatic heterocycles. The van der Waals surface area contributed by atoms with Crippen LogP contribution in [-0.4, -0.2) is 47.2 Å². The number of hydrogen-bond acceptors (Lipinski definition) is 5.